The third-order valence-electron chi connectivity index (χ3n) is 5.31. The molecule has 2 aliphatic heterocycles. The van der Waals surface area contributed by atoms with E-state index in [0.29, 0.717) is 24.1 Å². The molecule has 9 heteroatoms. The summed E-state index contributed by atoms with van der Waals surface area (Å²) in [6.07, 6.45) is 0.597. The number of carbonyl (C=O) groups excluding carboxylic acids is 1. The van der Waals surface area contributed by atoms with Gasteiger partial charge in [0.05, 0.1) is 10.6 Å². The molecular formula is C20H20BrFN2O4S. The van der Waals surface area contributed by atoms with Crippen molar-refractivity contribution in [3.63, 3.8) is 0 Å². The molecule has 6 nitrogen and oxygen atoms in total. The highest BCUT2D eigenvalue weighted by molar-refractivity contribution is 9.10. The van der Waals surface area contributed by atoms with Gasteiger partial charge in [0, 0.05) is 16.6 Å². The zero-order valence-electron chi connectivity index (χ0n) is 15.8. The SMILES string of the molecule is Cc1ccc(F)cc1S(=O)(=O)N1CCCCC1N1C(=O)OCc2cc(Br)ccc21. The minimum absolute atomic E-state index is 0.0780. The highest BCUT2D eigenvalue weighted by atomic mass is 79.9. The van der Waals surface area contributed by atoms with Crippen molar-refractivity contribution in [1.82, 2.24) is 4.31 Å². The van der Waals surface area contributed by atoms with Crippen LogP contribution in [0.1, 0.15) is 30.4 Å². The molecule has 2 aromatic rings. The van der Waals surface area contributed by atoms with Crippen LogP contribution in [-0.4, -0.2) is 31.5 Å². The third kappa shape index (κ3) is 3.67. The summed E-state index contributed by atoms with van der Waals surface area (Å²) in [6, 6.07) is 9.17. The maximum absolute atomic E-state index is 13.8. The van der Waals surface area contributed by atoms with Gasteiger partial charge in [0.2, 0.25) is 10.0 Å². The Morgan fingerprint density at radius 1 is 1.17 bits per heavy atom. The molecule has 2 aromatic carbocycles. The zero-order valence-corrected chi connectivity index (χ0v) is 18.2. The topological polar surface area (TPSA) is 66.9 Å². The molecule has 1 amide bonds. The van der Waals surface area contributed by atoms with Crippen LogP contribution >= 0.6 is 15.9 Å². The van der Waals surface area contributed by atoms with E-state index >= 15 is 0 Å². The third-order valence-corrected chi connectivity index (χ3v) is 7.84. The van der Waals surface area contributed by atoms with Crippen molar-refractivity contribution in [3.8, 4) is 0 Å². The summed E-state index contributed by atoms with van der Waals surface area (Å²) >= 11 is 3.41. The molecule has 1 unspecified atom stereocenters. The zero-order chi connectivity index (χ0) is 20.8. The van der Waals surface area contributed by atoms with Gasteiger partial charge in [-0.3, -0.25) is 4.90 Å². The minimum Gasteiger partial charge on any atom is -0.444 e. The molecular weight excluding hydrogens is 463 g/mol. The molecule has 0 N–H and O–H groups in total. The highest BCUT2D eigenvalue weighted by Gasteiger charge is 2.42. The Morgan fingerprint density at radius 3 is 2.76 bits per heavy atom. The summed E-state index contributed by atoms with van der Waals surface area (Å²) in [5.41, 5.74) is 1.89. The standard InChI is InChI=1S/C20H20BrFN2O4S/c1-13-5-7-16(22)11-18(13)29(26,27)23-9-3-2-4-19(23)24-17-8-6-15(21)10-14(17)12-28-20(24)25/h5-8,10-11,19H,2-4,9,12H2,1H3. The van der Waals surface area contributed by atoms with E-state index in [-0.39, 0.29) is 18.0 Å². The van der Waals surface area contributed by atoms with E-state index in [1.165, 1.54) is 21.3 Å². The summed E-state index contributed by atoms with van der Waals surface area (Å²) in [5.74, 6) is -0.615. The molecule has 0 bridgehead atoms. The molecule has 29 heavy (non-hydrogen) atoms. The first kappa shape index (κ1) is 20.3. The number of benzene rings is 2. The second kappa shape index (κ2) is 7.70. The molecule has 1 saturated heterocycles. The summed E-state index contributed by atoms with van der Waals surface area (Å²) in [5, 5.41) is 0. The largest absolute Gasteiger partial charge is 0.444 e. The number of fused-ring (bicyclic) bond motifs is 1. The molecule has 2 aliphatic rings. The number of anilines is 1. The van der Waals surface area contributed by atoms with Gasteiger partial charge in [-0.1, -0.05) is 22.0 Å². The van der Waals surface area contributed by atoms with Crippen LogP contribution in [0.25, 0.3) is 0 Å². The van der Waals surface area contributed by atoms with E-state index in [2.05, 4.69) is 15.9 Å². The number of carbonyl (C=O) groups is 1. The number of nitrogens with zero attached hydrogens (tertiary/aromatic N) is 2. The number of amides is 1. The van der Waals surface area contributed by atoms with Crippen LogP contribution in [0.4, 0.5) is 14.9 Å². The molecule has 1 fully saturated rings. The first-order valence-electron chi connectivity index (χ1n) is 9.31. The number of halogens is 2. The lowest BCUT2D eigenvalue weighted by molar-refractivity contribution is 0.127. The van der Waals surface area contributed by atoms with E-state index in [9.17, 15) is 17.6 Å². The molecule has 0 saturated carbocycles. The fourth-order valence-corrected chi connectivity index (χ4v) is 6.19. The predicted molar refractivity (Wildman–Crippen MR) is 109 cm³/mol. The quantitative estimate of drug-likeness (QED) is 0.643. The van der Waals surface area contributed by atoms with Gasteiger partial charge in [0.25, 0.3) is 0 Å². The van der Waals surface area contributed by atoms with Crippen molar-refractivity contribution in [2.45, 2.75) is 43.9 Å². The minimum atomic E-state index is -4.01. The molecule has 0 radical (unpaired) electrons. The molecule has 2 heterocycles. The van der Waals surface area contributed by atoms with Gasteiger partial charge in [0.1, 0.15) is 18.6 Å². The summed E-state index contributed by atoms with van der Waals surface area (Å²) in [4.78, 5) is 14.0. The average Bonchev–Trinajstić information content (AvgIpc) is 2.70. The van der Waals surface area contributed by atoms with Crippen LogP contribution in [0.15, 0.2) is 45.8 Å². The predicted octanol–water partition coefficient (Wildman–Crippen LogP) is 4.55. The number of aryl methyl sites for hydroxylation is 1. The van der Waals surface area contributed by atoms with Crippen LogP contribution in [0.2, 0.25) is 0 Å². The summed E-state index contributed by atoms with van der Waals surface area (Å²) < 4.78 is 48.2. The number of rotatable bonds is 3. The van der Waals surface area contributed by atoms with Crippen molar-refractivity contribution in [1.29, 1.82) is 0 Å². The Kier molecular flexibility index (Phi) is 5.39. The number of cyclic esters (lactones) is 1. The van der Waals surface area contributed by atoms with Crippen molar-refractivity contribution < 1.29 is 22.3 Å². The van der Waals surface area contributed by atoms with Crippen molar-refractivity contribution in [2.75, 3.05) is 11.4 Å². The lowest BCUT2D eigenvalue weighted by atomic mass is 10.1. The smallest absolute Gasteiger partial charge is 0.415 e. The Hall–Kier alpha value is -1.97. The maximum Gasteiger partial charge on any atom is 0.415 e. The van der Waals surface area contributed by atoms with Gasteiger partial charge in [-0.25, -0.2) is 17.6 Å². The fraction of sp³-hybridized carbons (Fsp3) is 0.350. The van der Waals surface area contributed by atoms with Gasteiger partial charge in [-0.2, -0.15) is 4.31 Å². The molecule has 0 spiro atoms. The maximum atomic E-state index is 13.8. The molecule has 1 atom stereocenters. The first-order chi connectivity index (χ1) is 13.8. The Morgan fingerprint density at radius 2 is 1.97 bits per heavy atom. The Bertz CT molecular complexity index is 1080. The van der Waals surface area contributed by atoms with Crippen LogP contribution in [-0.2, 0) is 21.4 Å². The number of sulfonamides is 1. The van der Waals surface area contributed by atoms with Crippen molar-refractivity contribution in [2.24, 2.45) is 0 Å². The average molecular weight is 483 g/mol. The van der Waals surface area contributed by atoms with Crippen LogP contribution in [0, 0.1) is 12.7 Å². The van der Waals surface area contributed by atoms with E-state index in [1.54, 1.807) is 13.0 Å². The van der Waals surface area contributed by atoms with Crippen LogP contribution in [0.3, 0.4) is 0 Å². The van der Waals surface area contributed by atoms with Crippen molar-refractivity contribution >= 4 is 37.7 Å². The highest BCUT2D eigenvalue weighted by Crippen LogP contribution is 2.36. The molecule has 0 aliphatic carbocycles. The van der Waals surface area contributed by atoms with Gasteiger partial charge >= 0.3 is 6.09 Å². The van der Waals surface area contributed by atoms with Gasteiger partial charge in [-0.05, 0) is 62.1 Å². The fourth-order valence-electron chi connectivity index (χ4n) is 3.90. The van der Waals surface area contributed by atoms with E-state index in [1.807, 2.05) is 12.1 Å². The van der Waals surface area contributed by atoms with E-state index in [4.69, 9.17) is 4.74 Å². The number of ether oxygens (including phenoxy) is 1. The van der Waals surface area contributed by atoms with E-state index in [0.717, 1.165) is 22.5 Å². The Balaban J connectivity index is 1.79. The molecule has 4 rings (SSSR count). The number of hydrogen-bond acceptors (Lipinski definition) is 4. The Labute approximate surface area is 177 Å². The van der Waals surface area contributed by atoms with Gasteiger partial charge < -0.3 is 4.74 Å². The van der Waals surface area contributed by atoms with Gasteiger partial charge in [0.15, 0.2) is 0 Å². The van der Waals surface area contributed by atoms with Crippen molar-refractivity contribution in [3.05, 3.63) is 57.8 Å². The molecule has 0 aromatic heterocycles. The van der Waals surface area contributed by atoms with Gasteiger partial charge in [-0.15, -0.1) is 0 Å². The lowest BCUT2D eigenvalue weighted by Gasteiger charge is -2.43. The lowest BCUT2D eigenvalue weighted by Crippen LogP contribution is -2.56. The monoisotopic (exact) mass is 482 g/mol. The van der Waals surface area contributed by atoms with Crippen LogP contribution in [0.5, 0.6) is 0 Å². The number of hydrogen-bond donors (Lipinski definition) is 0. The summed E-state index contributed by atoms with van der Waals surface area (Å²) in [7, 11) is -4.01. The van der Waals surface area contributed by atoms with E-state index < -0.39 is 28.1 Å². The van der Waals surface area contributed by atoms with Crippen LogP contribution < -0.4 is 4.90 Å². The normalized spacial score (nSPS) is 20.3. The summed E-state index contributed by atoms with van der Waals surface area (Å²) in [6.45, 7) is 2.01. The second-order valence-corrected chi connectivity index (χ2v) is 9.97. The molecule has 154 valence electrons. The first-order valence-corrected chi connectivity index (χ1v) is 11.5. The second-order valence-electron chi connectivity index (χ2n) is 7.20. The number of piperidine rings is 1.